The minimum absolute atomic E-state index is 0.0654. The molecule has 1 unspecified atom stereocenters. The maximum absolute atomic E-state index is 14.7. The molecule has 0 saturated carbocycles. The van der Waals surface area contributed by atoms with E-state index < -0.39 is 27.7 Å². The summed E-state index contributed by atoms with van der Waals surface area (Å²) in [5.41, 5.74) is -0.302. The number of carbonyl (C=O) groups excluding carboxylic acids is 1. The summed E-state index contributed by atoms with van der Waals surface area (Å²) in [6, 6.07) is 10.3. The second kappa shape index (κ2) is 9.79. The summed E-state index contributed by atoms with van der Waals surface area (Å²) in [5.74, 6) is -1.70. The lowest BCUT2D eigenvalue weighted by Gasteiger charge is -2.35. The largest absolute Gasteiger partial charge is 0.382 e. The van der Waals surface area contributed by atoms with E-state index in [-0.39, 0.29) is 17.9 Å². The van der Waals surface area contributed by atoms with Crippen molar-refractivity contribution < 1.29 is 18.7 Å². The van der Waals surface area contributed by atoms with E-state index in [2.05, 4.69) is 10.1 Å². The summed E-state index contributed by atoms with van der Waals surface area (Å²) < 4.78 is 29.5. The van der Waals surface area contributed by atoms with E-state index in [1.807, 2.05) is 31.1 Å². The van der Waals surface area contributed by atoms with Crippen molar-refractivity contribution in [2.75, 3.05) is 19.0 Å². The molecule has 2 aromatic carbocycles. The average molecular weight is 461 g/mol. The van der Waals surface area contributed by atoms with Crippen molar-refractivity contribution in [3.05, 3.63) is 77.9 Å². The maximum atomic E-state index is 14.7. The van der Waals surface area contributed by atoms with Gasteiger partial charge >= 0.3 is 0 Å². The molecule has 0 spiro atoms. The molecule has 6 nitrogen and oxygen atoms in total. The van der Waals surface area contributed by atoms with Crippen LogP contribution in [-0.4, -0.2) is 50.2 Å². The molecule has 170 valence electrons. The van der Waals surface area contributed by atoms with Crippen LogP contribution in [0.1, 0.15) is 29.8 Å². The predicted molar refractivity (Wildman–Crippen MR) is 122 cm³/mol. The summed E-state index contributed by atoms with van der Waals surface area (Å²) in [6.45, 7) is 3.35. The highest BCUT2D eigenvalue weighted by Gasteiger charge is 2.41. The van der Waals surface area contributed by atoms with E-state index in [0.29, 0.717) is 5.56 Å². The van der Waals surface area contributed by atoms with Crippen molar-refractivity contribution >= 4 is 23.2 Å². The SMILES string of the molecule is CC(S[C@H](C)[C@](O)(Cn1cncn1)c1ccc(F)cc1F)C(=O)c1ccc(N(C)C)cc1. The standard InChI is InChI=1S/C23H26F2N4O2S/c1-15(22(30)17-5-8-19(9-6-17)28(3)4)32-16(2)23(31,12-29-14-26-13-27-29)20-10-7-18(24)11-21(20)25/h5-11,13-16,31H,12H2,1-4H3/t15?,16-,23-/m1/s1. The summed E-state index contributed by atoms with van der Waals surface area (Å²) in [5, 5.41) is 14.5. The van der Waals surface area contributed by atoms with Gasteiger partial charge in [-0.1, -0.05) is 13.0 Å². The molecule has 0 amide bonds. The van der Waals surface area contributed by atoms with Gasteiger partial charge in [-0.2, -0.15) is 5.10 Å². The first-order valence-electron chi connectivity index (χ1n) is 10.1. The summed E-state index contributed by atoms with van der Waals surface area (Å²) in [4.78, 5) is 18.8. The molecule has 3 atom stereocenters. The highest BCUT2D eigenvalue weighted by Crippen LogP contribution is 2.38. The van der Waals surface area contributed by atoms with Gasteiger partial charge in [0.05, 0.1) is 11.8 Å². The monoisotopic (exact) mass is 460 g/mol. The fourth-order valence-electron chi connectivity index (χ4n) is 3.47. The van der Waals surface area contributed by atoms with Crippen molar-refractivity contribution in [3.8, 4) is 0 Å². The third-order valence-corrected chi connectivity index (χ3v) is 6.81. The van der Waals surface area contributed by atoms with Crippen LogP contribution in [0.5, 0.6) is 0 Å². The van der Waals surface area contributed by atoms with E-state index in [1.54, 1.807) is 26.0 Å². The Morgan fingerprint density at radius 2 is 1.88 bits per heavy atom. The number of hydrogen-bond acceptors (Lipinski definition) is 6. The van der Waals surface area contributed by atoms with Crippen LogP contribution in [0, 0.1) is 11.6 Å². The summed E-state index contributed by atoms with van der Waals surface area (Å²) in [6.07, 6.45) is 2.72. The van der Waals surface area contributed by atoms with Crippen molar-refractivity contribution in [3.63, 3.8) is 0 Å². The third kappa shape index (κ3) is 5.16. The minimum atomic E-state index is -1.76. The predicted octanol–water partition coefficient (Wildman–Crippen LogP) is 3.90. The van der Waals surface area contributed by atoms with E-state index >= 15 is 0 Å². The molecule has 0 aliphatic heterocycles. The lowest BCUT2D eigenvalue weighted by molar-refractivity contribution is 0.0132. The molecular weight excluding hydrogens is 434 g/mol. The Hall–Kier alpha value is -2.78. The lowest BCUT2D eigenvalue weighted by Crippen LogP contribution is -2.42. The number of halogens is 2. The lowest BCUT2D eigenvalue weighted by atomic mass is 9.90. The molecule has 0 aliphatic rings. The fourth-order valence-corrected chi connectivity index (χ4v) is 4.77. The third-order valence-electron chi connectivity index (χ3n) is 5.39. The zero-order valence-corrected chi connectivity index (χ0v) is 19.2. The van der Waals surface area contributed by atoms with Gasteiger partial charge in [0.25, 0.3) is 0 Å². The number of Topliss-reactive ketones (excluding diaryl/α,β-unsaturated/α-hetero) is 1. The Morgan fingerprint density at radius 3 is 2.44 bits per heavy atom. The van der Waals surface area contributed by atoms with Crippen LogP contribution in [0.2, 0.25) is 0 Å². The number of thioether (sulfide) groups is 1. The van der Waals surface area contributed by atoms with Gasteiger partial charge in [-0.3, -0.25) is 4.79 Å². The Kier molecular flexibility index (Phi) is 7.30. The van der Waals surface area contributed by atoms with Crippen LogP contribution >= 0.6 is 11.8 Å². The average Bonchev–Trinajstić information content (AvgIpc) is 3.25. The topological polar surface area (TPSA) is 71.2 Å². The molecule has 1 heterocycles. The van der Waals surface area contributed by atoms with Crippen molar-refractivity contribution in [1.29, 1.82) is 0 Å². The van der Waals surface area contributed by atoms with Crippen molar-refractivity contribution in [2.45, 2.75) is 36.5 Å². The Balaban J connectivity index is 1.85. The second-order valence-electron chi connectivity index (χ2n) is 7.87. The van der Waals surface area contributed by atoms with Crippen LogP contribution in [0.3, 0.4) is 0 Å². The van der Waals surface area contributed by atoms with Crippen LogP contribution in [0.15, 0.2) is 55.1 Å². The smallest absolute Gasteiger partial charge is 0.175 e. The van der Waals surface area contributed by atoms with E-state index in [4.69, 9.17) is 0 Å². The molecule has 0 aliphatic carbocycles. The highest BCUT2D eigenvalue weighted by atomic mass is 32.2. The van der Waals surface area contributed by atoms with E-state index in [9.17, 15) is 18.7 Å². The van der Waals surface area contributed by atoms with E-state index in [1.165, 1.54) is 35.2 Å². The van der Waals surface area contributed by atoms with Gasteiger partial charge in [-0.15, -0.1) is 11.8 Å². The first-order valence-corrected chi connectivity index (χ1v) is 11.0. The Labute approximate surface area is 190 Å². The number of rotatable bonds is 9. The Bertz CT molecular complexity index is 1060. The maximum Gasteiger partial charge on any atom is 0.175 e. The quantitative estimate of drug-likeness (QED) is 0.489. The van der Waals surface area contributed by atoms with Gasteiger partial charge in [0.15, 0.2) is 5.78 Å². The normalized spacial score (nSPS) is 15.1. The summed E-state index contributed by atoms with van der Waals surface area (Å²) >= 11 is 1.22. The zero-order valence-electron chi connectivity index (χ0n) is 18.4. The molecule has 0 saturated heterocycles. The number of ketones is 1. The minimum Gasteiger partial charge on any atom is -0.382 e. The van der Waals surface area contributed by atoms with Gasteiger partial charge in [-0.25, -0.2) is 18.4 Å². The molecule has 0 bridgehead atoms. The number of benzene rings is 2. The van der Waals surface area contributed by atoms with Gasteiger partial charge in [0.1, 0.15) is 29.9 Å². The van der Waals surface area contributed by atoms with Crippen LogP contribution in [0.4, 0.5) is 14.5 Å². The molecule has 0 radical (unpaired) electrons. The van der Waals surface area contributed by atoms with Crippen molar-refractivity contribution in [1.82, 2.24) is 14.8 Å². The van der Waals surface area contributed by atoms with Crippen molar-refractivity contribution in [2.24, 2.45) is 0 Å². The van der Waals surface area contributed by atoms with E-state index in [0.717, 1.165) is 17.8 Å². The number of aliphatic hydroxyl groups is 1. The van der Waals surface area contributed by atoms with Crippen LogP contribution in [0.25, 0.3) is 0 Å². The number of carbonyl (C=O) groups is 1. The molecule has 32 heavy (non-hydrogen) atoms. The van der Waals surface area contributed by atoms with Gasteiger partial charge in [-0.05, 0) is 37.3 Å². The van der Waals surface area contributed by atoms with Gasteiger partial charge in [0.2, 0.25) is 0 Å². The number of hydrogen-bond donors (Lipinski definition) is 1. The molecule has 3 rings (SSSR count). The molecule has 3 aromatic rings. The zero-order chi connectivity index (χ0) is 23.5. The Morgan fingerprint density at radius 1 is 1.19 bits per heavy atom. The fraction of sp³-hybridized carbons (Fsp3) is 0.348. The first-order chi connectivity index (χ1) is 15.1. The van der Waals surface area contributed by atoms with Crippen LogP contribution < -0.4 is 4.90 Å². The molecule has 0 fully saturated rings. The molecule has 1 aromatic heterocycles. The molecular formula is C23H26F2N4O2S. The highest BCUT2D eigenvalue weighted by molar-refractivity contribution is 8.01. The van der Waals surface area contributed by atoms with Crippen LogP contribution in [-0.2, 0) is 12.1 Å². The number of aromatic nitrogens is 3. The number of nitrogens with zero attached hydrogens (tertiary/aromatic N) is 4. The first kappa shape index (κ1) is 23.9. The number of anilines is 1. The van der Waals surface area contributed by atoms with Gasteiger partial charge in [0, 0.05) is 42.2 Å². The van der Waals surface area contributed by atoms with Gasteiger partial charge < -0.3 is 10.0 Å². The molecule has 1 N–H and O–H groups in total. The summed E-state index contributed by atoms with van der Waals surface area (Å²) in [7, 11) is 3.84. The second-order valence-corrected chi connectivity index (χ2v) is 9.55. The molecule has 9 heteroatoms.